The first-order chi connectivity index (χ1) is 31.8. The third-order valence-electron chi connectivity index (χ3n) is 11.7. The number of thiophene rings is 1. The van der Waals surface area contributed by atoms with Crippen molar-refractivity contribution in [3.05, 3.63) is 112 Å². The first-order valence-corrected chi connectivity index (χ1v) is 24.5. The zero-order valence-corrected chi connectivity index (χ0v) is 39.0. The minimum Gasteiger partial charge on any atom is -0.490 e. The minimum absolute atomic E-state index is 0.0156. The molecule has 0 radical (unpaired) electrons. The van der Waals surface area contributed by atoms with E-state index in [1.54, 1.807) is 48.7 Å². The molecule has 1 saturated heterocycles. The Kier molecular flexibility index (Phi) is 14.4. The smallest absolute Gasteiger partial charge is 0.345 e. The van der Waals surface area contributed by atoms with Gasteiger partial charge in [0.05, 0.1) is 27.6 Å². The maximum atomic E-state index is 14.3. The molecule has 0 spiro atoms. The summed E-state index contributed by atoms with van der Waals surface area (Å²) in [5.41, 5.74) is 4.39. The number of benzene rings is 2. The monoisotopic (exact) mass is 954 g/mol. The average molecular weight is 956 g/mol. The number of carboxylic acid groups (broad SMARTS) is 1. The van der Waals surface area contributed by atoms with Crippen molar-refractivity contribution in [3.63, 3.8) is 0 Å². The van der Waals surface area contributed by atoms with Crippen molar-refractivity contribution < 1.29 is 41.7 Å². The SMILES string of the molecule is C#C/C1=C(Cl)\C(C)=C(/CC)c2c(-c3ccc(F)cc3)sc3ncnc(c23)O[C@@H](C(=O)O)Cc2cc(ccc2OCc2ccnc(C3=CCS(=O)(=O)CC3)n2)OC[C@@H](CN2CCN(C)CC2)O1. The zero-order valence-electron chi connectivity index (χ0n) is 36.6. The van der Waals surface area contributed by atoms with Crippen LogP contribution in [0.5, 0.6) is 17.4 Å². The van der Waals surface area contributed by atoms with Crippen LogP contribution in [0.1, 0.15) is 49.3 Å². The predicted molar refractivity (Wildman–Crippen MR) is 252 cm³/mol. The van der Waals surface area contributed by atoms with Crippen molar-refractivity contribution in [2.75, 3.05) is 57.9 Å². The number of carbonyl (C=O) groups is 1. The number of aromatic nitrogens is 4. The average Bonchev–Trinajstić information content (AvgIpc) is 3.70. The second kappa shape index (κ2) is 20.3. The highest BCUT2D eigenvalue weighted by atomic mass is 35.5. The molecular formula is C48H48ClFN6O8S2. The van der Waals surface area contributed by atoms with Gasteiger partial charge in [-0.2, -0.15) is 0 Å². The van der Waals surface area contributed by atoms with E-state index in [1.165, 1.54) is 29.8 Å². The highest BCUT2D eigenvalue weighted by molar-refractivity contribution is 7.91. The Labute approximate surface area is 391 Å². The molecule has 3 aliphatic heterocycles. The van der Waals surface area contributed by atoms with E-state index in [2.05, 4.69) is 42.7 Å². The van der Waals surface area contributed by atoms with Crippen LogP contribution in [0.15, 0.2) is 83.5 Å². The molecule has 14 nitrogen and oxygen atoms in total. The van der Waals surface area contributed by atoms with Crippen molar-refractivity contribution in [2.45, 2.75) is 51.9 Å². The molecule has 5 aromatic rings. The molecule has 18 heteroatoms. The topological polar surface area (TPSA) is 166 Å². The van der Waals surface area contributed by atoms with Gasteiger partial charge in [-0.25, -0.2) is 37.5 Å². The number of rotatable bonds is 9. The number of carboxylic acids is 1. The Balaban J connectivity index is 1.24. The third kappa shape index (κ3) is 10.7. The van der Waals surface area contributed by atoms with Crippen LogP contribution in [0.4, 0.5) is 4.39 Å². The molecule has 2 aromatic carbocycles. The molecule has 1 fully saturated rings. The quantitative estimate of drug-likeness (QED) is 0.145. The van der Waals surface area contributed by atoms with Gasteiger partial charge in [0.2, 0.25) is 12.0 Å². The normalized spacial score (nSPS) is 22.0. The van der Waals surface area contributed by atoms with Crippen molar-refractivity contribution in [1.82, 2.24) is 29.7 Å². The lowest BCUT2D eigenvalue weighted by Gasteiger charge is -2.34. The summed E-state index contributed by atoms with van der Waals surface area (Å²) in [5.74, 6) is 2.29. The number of nitrogens with zero attached hydrogens (tertiary/aromatic N) is 6. The van der Waals surface area contributed by atoms with Crippen LogP contribution in [0.2, 0.25) is 0 Å². The minimum atomic E-state index is -3.15. The first kappa shape index (κ1) is 46.6. The molecule has 3 aromatic heterocycles. The summed E-state index contributed by atoms with van der Waals surface area (Å²) in [7, 11) is -1.06. The summed E-state index contributed by atoms with van der Waals surface area (Å²) in [4.78, 5) is 37.2. The van der Waals surface area contributed by atoms with E-state index >= 15 is 0 Å². The van der Waals surface area contributed by atoms with E-state index in [4.69, 9.17) is 37.0 Å². The van der Waals surface area contributed by atoms with Crippen LogP contribution in [0, 0.1) is 18.2 Å². The number of sulfone groups is 1. The number of terminal acetylenes is 1. The van der Waals surface area contributed by atoms with Crippen LogP contribution < -0.4 is 14.2 Å². The van der Waals surface area contributed by atoms with Gasteiger partial charge in [-0.15, -0.1) is 17.8 Å². The number of aliphatic carboxylic acids is 1. The molecule has 2 bridgehead atoms. The Bertz CT molecular complexity index is 2890. The van der Waals surface area contributed by atoms with Gasteiger partial charge in [-0.3, -0.25) is 4.90 Å². The van der Waals surface area contributed by atoms with Crippen LogP contribution in [0.3, 0.4) is 0 Å². The van der Waals surface area contributed by atoms with Crippen molar-refractivity contribution in [3.8, 4) is 40.2 Å². The number of piperazine rings is 1. The van der Waals surface area contributed by atoms with Crippen LogP contribution >= 0.6 is 22.9 Å². The second-order valence-corrected chi connectivity index (χ2v) is 19.8. The maximum Gasteiger partial charge on any atom is 0.345 e. The van der Waals surface area contributed by atoms with Crippen LogP contribution in [-0.2, 0) is 32.4 Å². The Hall–Kier alpha value is -5.90. The second-order valence-electron chi connectivity index (χ2n) is 16.2. The summed E-state index contributed by atoms with van der Waals surface area (Å²) in [5, 5.41) is 11.5. The molecule has 8 rings (SSSR count). The molecule has 0 aliphatic carbocycles. The molecule has 3 aliphatic rings. The number of hydrogen-bond acceptors (Lipinski definition) is 14. The maximum absolute atomic E-state index is 14.3. The molecule has 0 saturated carbocycles. The number of halogens is 2. The fraction of sp³-hybridized carbons (Fsp3) is 0.354. The Morgan fingerprint density at radius 1 is 1.09 bits per heavy atom. The van der Waals surface area contributed by atoms with Gasteiger partial charge in [-0.1, -0.05) is 36.7 Å². The van der Waals surface area contributed by atoms with Crippen LogP contribution in [-0.4, -0.2) is 119 Å². The van der Waals surface area contributed by atoms with E-state index in [0.717, 1.165) is 37.3 Å². The van der Waals surface area contributed by atoms with Crippen molar-refractivity contribution in [1.29, 1.82) is 0 Å². The van der Waals surface area contributed by atoms with Gasteiger partial charge in [0, 0.05) is 61.3 Å². The third-order valence-corrected chi connectivity index (χ3v) is 14.8. The molecule has 344 valence electrons. The summed E-state index contributed by atoms with van der Waals surface area (Å²) in [6, 6.07) is 12.9. The standard InChI is InChI=1S/C48H48ClFN6O8S2/c1-5-37-29(3)43(49)38(6-2)63-36(25-56-19-17-55(4)18-20-56)27-61-35-11-12-39(62-26-34-13-16-51-45(54-34)31-14-21-66(59,60)22-15-31)32(23-35)24-40(48(57)58)64-46-42-41(37)44(65-47(42)53-28-52-46)30-7-9-33(50)10-8-30/h2,7-14,16,23,28,36,40H,5,15,17-22,24-27H2,1,3-4H3,(H,57,58)/b37-29+,43-38-/t36-,40-/m1/s1. The molecule has 0 unspecified atom stereocenters. The number of fused-ring (bicyclic) bond motifs is 2. The van der Waals surface area contributed by atoms with E-state index < -0.39 is 33.8 Å². The van der Waals surface area contributed by atoms with Gasteiger partial charge >= 0.3 is 5.97 Å². The fourth-order valence-electron chi connectivity index (χ4n) is 8.09. The van der Waals surface area contributed by atoms with Gasteiger partial charge in [-0.05, 0) is 91.4 Å². The molecule has 2 atom stereocenters. The molecule has 6 heterocycles. The Morgan fingerprint density at radius 3 is 2.59 bits per heavy atom. The van der Waals surface area contributed by atoms with E-state index in [-0.39, 0.29) is 47.8 Å². The van der Waals surface area contributed by atoms with Crippen molar-refractivity contribution >= 4 is 60.1 Å². The lowest BCUT2D eigenvalue weighted by Crippen LogP contribution is -2.48. The molecule has 66 heavy (non-hydrogen) atoms. The van der Waals surface area contributed by atoms with E-state index in [1.807, 2.05) is 13.8 Å². The first-order valence-electron chi connectivity index (χ1n) is 21.5. The number of likely N-dealkylation sites (N-methyl/N-ethyl adjacent to an activating group) is 1. The van der Waals surface area contributed by atoms with E-state index in [9.17, 15) is 22.7 Å². The van der Waals surface area contributed by atoms with Gasteiger partial charge in [0.25, 0.3) is 0 Å². The van der Waals surface area contributed by atoms with Crippen molar-refractivity contribution in [2.24, 2.45) is 0 Å². The van der Waals surface area contributed by atoms with Gasteiger partial charge in [0.15, 0.2) is 21.4 Å². The largest absolute Gasteiger partial charge is 0.490 e. The number of ether oxygens (including phenoxy) is 4. The van der Waals surface area contributed by atoms with Gasteiger partial charge in [0.1, 0.15) is 47.8 Å². The van der Waals surface area contributed by atoms with Crippen LogP contribution in [0.25, 0.3) is 31.8 Å². The molecular weight excluding hydrogens is 907 g/mol. The summed E-state index contributed by atoms with van der Waals surface area (Å²) >= 11 is 8.59. The fourth-order valence-corrected chi connectivity index (χ4v) is 10.6. The molecule has 0 amide bonds. The summed E-state index contributed by atoms with van der Waals surface area (Å²) < 4.78 is 64.3. The highest BCUT2D eigenvalue weighted by Crippen LogP contribution is 2.47. The highest BCUT2D eigenvalue weighted by Gasteiger charge is 2.30. The zero-order chi connectivity index (χ0) is 46.5. The lowest BCUT2D eigenvalue weighted by molar-refractivity contribution is -0.145. The number of allylic oxidation sites excluding steroid dienone is 5. The number of hydrogen-bond donors (Lipinski definition) is 1. The van der Waals surface area contributed by atoms with E-state index in [0.29, 0.717) is 79.8 Å². The predicted octanol–water partition coefficient (Wildman–Crippen LogP) is 7.44. The Morgan fingerprint density at radius 2 is 1.88 bits per heavy atom. The summed E-state index contributed by atoms with van der Waals surface area (Å²) in [6.45, 7) is 7.70. The summed E-state index contributed by atoms with van der Waals surface area (Å²) in [6.07, 6.45) is 9.22. The lowest BCUT2D eigenvalue weighted by atomic mass is 9.93. The van der Waals surface area contributed by atoms with Gasteiger partial charge < -0.3 is 29.0 Å². The molecule has 1 N–H and O–H groups in total.